The van der Waals surface area contributed by atoms with Gasteiger partial charge in [-0.2, -0.15) is 0 Å². The molecular formula is C26H26FN5O2S. The summed E-state index contributed by atoms with van der Waals surface area (Å²) in [5.74, 6) is -0.993. The van der Waals surface area contributed by atoms with Crippen molar-refractivity contribution in [2.45, 2.75) is 50.7 Å². The van der Waals surface area contributed by atoms with Crippen LogP contribution in [-0.2, 0) is 16.1 Å². The van der Waals surface area contributed by atoms with E-state index in [4.69, 9.17) is 0 Å². The number of thiophene rings is 1. The second-order valence-corrected chi connectivity index (χ2v) is 9.72. The number of carbonyl (C=O) groups excluding carboxylic acids is 2. The number of nitrogens with one attached hydrogen (secondary N) is 1. The number of fused-ring (bicyclic) bond motifs is 1. The number of halogens is 1. The van der Waals surface area contributed by atoms with E-state index in [9.17, 15) is 14.0 Å². The molecule has 35 heavy (non-hydrogen) atoms. The van der Waals surface area contributed by atoms with E-state index in [0.29, 0.717) is 11.2 Å². The molecule has 1 saturated carbocycles. The average molecular weight is 492 g/mol. The van der Waals surface area contributed by atoms with Crippen LogP contribution in [0.3, 0.4) is 0 Å². The smallest absolute Gasteiger partial charge is 0.249 e. The Balaban J connectivity index is 1.52. The van der Waals surface area contributed by atoms with E-state index in [1.54, 1.807) is 0 Å². The number of carbonyl (C=O) groups is 2. The summed E-state index contributed by atoms with van der Waals surface area (Å²) >= 11 is 1.41. The molecule has 0 bridgehead atoms. The minimum atomic E-state index is -0.885. The second kappa shape index (κ2) is 10.4. The Bertz CT molecular complexity index is 1300. The Hall–Kier alpha value is -3.59. The first-order valence-corrected chi connectivity index (χ1v) is 12.7. The molecule has 1 aliphatic carbocycles. The molecular weight excluding hydrogens is 465 g/mol. The number of aromatic nitrogens is 3. The molecule has 0 spiro atoms. The van der Waals surface area contributed by atoms with Crippen LogP contribution in [0, 0.1) is 5.82 Å². The zero-order chi connectivity index (χ0) is 24.2. The molecule has 2 heterocycles. The fourth-order valence-corrected chi connectivity index (χ4v) is 5.44. The van der Waals surface area contributed by atoms with Gasteiger partial charge in [0.15, 0.2) is 0 Å². The highest BCUT2D eigenvalue weighted by atomic mass is 32.1. The van der Waals surface area contributed by atoms with Crippen molar-refractivity contribution < 1.29 is 14.0 Å². The van der Waals surface area contributed by atoms with Gasteiger partial charge in [0.05, 0.1) is 5.52 Å². The monoisotopic (exact) mass is 491 g/mol. The first kappa shape index (κ1) is 23.2. The maximum atomic E-state index is 13.8. The zero-order valence-corrected chi connectivity index (χ0v) is 20.0. The van der Waals surface area contributed by atoms with E-state index in [2.05, 4.69) is 15.6 Å². The summed E-state index contributed by atoms with van der Waals surface area (Å²) in [6, 6.07) is 16.0. The van der Waals surface area contributed by atoms with Crippen molar-refractivity contribution in [3.63, 3.8) is 0 Å². The Morgan fingerprint density at radius 3 is 2.57 bits per heavy atom. The van der Waals surface area contributed by atoms with Crippen LogP contribution in [-0.4, -0.2) is 32.9 Å². The molecule has 5 rings (SSSR count). The molecule has 1 atom stereocenters. The van der Waals surface area contributed by atoms with Gasteiger partial charge >= 0.3 is 0 Å². The lowest BCUT2D eigenvalue weighted by Gasteiger charge is -2.32. The minimum Gasteiger partial charge on any atom is -0.351 e. The highest BCUT2D eigenvalue weighted by Gasteiger charge is 2.35. The maximum absolute atomic E-state index is 13.8. The van der Waals surface area contributed by atoms with Crippen LogP contribution < -0.4 is 10.2 Å². The predicted octanol–water partition coefficient (Wildman–Crippen LogP) is 4.86. The molecule has 1 N–H and O–H groups in total. The zero-order valence-electron chi connectivity index (χ0n) is 19.1. The lowest BCUT2D eigenvalue weighted by atomic mass is 9.95. The first-order valence-electron chi connectivity index (χ1n) is 11.8. The number of hydrogen-bond acceptors (Lipinski definition) is 5. The largest absolute Gasteiger partial charge is 0.351 e. The van der Waals surface area contributed by atoms with Crippen LogP contribution in [0.25, 0.3) is 11.0 Å². The van der Waals surface area contributed by atoms with Crippen molar-refractivity contribution in [2.24, 2.45) is 0 Å². The number of para-hydroxylation sites is 1. The molecule has 2 amide bonds. The second-order valence-electron chi connectivity index (χ2n) is 8.74. The lowest BCUT2D eigenvalue weighted by Crippen LogP contribution is -2.48. The lowest BCUT2D eigenvalue weighted by molar-refractivity contribution is -0.127. The molecule has 2 aromatic carbocycles. The summed E-state index contributed by atoms with van der Waals surface area (Å²) in [5, 5.41) is 13.3. The topological polar surface area (TPSA) is 80.1 Å². The third-order valence-electron chi connectivity index (χ3n) is 6.35. The van der Waals surface area contributed by atoms with Crippen LogP contribution >= 0.6 is 11.3 Å². The van der Waals surface area contributed by atoms with Gasteiger partial charge in [0, 0.05) is 16.6 Å². The fraction of sp³-hybridized carbons (Fsp3) is 0.308. The number of rotatable bonds is 7. The molecule has 2 aromatic heterocycles. The number of amides is 2. The van der Waals surface area contributed by atoms with E-state index in [1.165, 1.54) is 51.6 Å². The summed E-state index contributed by atoms with van der Waals surface area (Å²) < 4.78 is 15.3. The number of nitrogens with zero attached hydrogens (tertiary/aromatic N) is 4. The number of anilines is 1. The molecule has 4 aromatic rings. The fourth-order valence-electron chi connectivity index (χ4n) is 4.62. The standard InChI is InChI=1S/C26H26FN5O2S/c27-18-12-14-20(15-13-18)32(24(33)17-31-22-10-5-4-9-21(22)29-30-31)25(23-11-6-16-35-23)26(34)28-19-7-2-1-3-8-19/h4-6,9-16,19,25H,1-3,7-8,17H2,(H,28,34)/t25-/m1/s1. The molecule has 180 valence electrons. The Morgan fingerprint density at radius 2 is 1.83 bits per heavy atom. The van der Waals surface area contributed by atoms with Gasteiger partial charge in [-0.25, -0.2) is 9.07 Å². The van der Waals surface area contributed by atoms with Crippen LogP contribution in [0.4, 0.5) is 10.1 Å². The summed E-state index contributed by atoms with van der Waals surface area (Å²) in [6.45, 7) is -0.115. The van der Waals surface area contributed by atoms with Gasteiger partial charge in [-0.3, -0.25) is 14.5 Å². The predicted molar refractivity (Wildman–Crippen MR) is 133 cm³/mol. The summed E-state index contributed by atoms with van der Waals surface area (Å²) in [7, 11) is 0. The first-order chi connectivity index (χ1) is 17.1. The van der Waals surface area contributed by atoms with E-state index in [0.717, 1.165) is 36.1 Å². The van der Waals surface area contributed by atoms with Crippen LogP contribution in [0.5, 0.6) is 0 Å². The maximum Gasteiger partial charge on any atom is 0.249 e. The van der Waals surface area contributed by atoms with Gasteiger partial charge in [0.25, 0.3) is 0 Å². The SMILES string of the molecule is O=C(NC1CCCCC1)[C@@H](c1cccs1)N(C(=O)Cn1nnc2ccccc21)c1ccc(F)cc1. The Morgan fingerprint density at radius 1 is 1.06 bits per heavy atom. The minimum absolute atomic E-state index is 0.0862. The molecule has 1 fully saturated rings. The van der Waals surface area contributed by atoms with Crippen molar-refractivity contribution in [2.75, 3.05) is 4.90 Å². The highest BCUT2D eigenvalue weighted by molar-refractivity contribution is 7.10. The van der Waals surface area contributed by atoms with Gasteiger partial charge < -0.3 is 5.32 Å². The molecule has 7 nitrogen and oxygen atoms in total. The van der Waals surface area contributed by atoms with E-state index in [1.807, 2.05) is 41.8 Å². The van der Waals surface area contributed by atoms with Crippen molar-refractivity contribution in [3.05, 3.63) is 76.7 Å². The number of hydrogen-bond donors (Lipinski definition) is 1. The summed E-state index contributed by atoms with van der Waals surface area (Å²) in [4.78, 5) is 29.7. The summed E-state index contributed by atoms with van der Waals surface area (Å²) in [6.07, 6.45) is 5.19. The van der Waals surface area contributed by atoms with Crippen molar-refractivity contribution in [3.8, 4) is 0 Å². The number of benzene rings is 2. The van der Waals surface area contributed by atoms with Crippen LogP contribution in [0.2, 0.25) is 0 Å². The van der Waals surface area contributed by atoms with Crippen molar-refractivity contribution in [1.29, 1.82) is 0 Å². The van der Waals surface area contributed by atoms with Gasteiger partial charge in [0.2, 0.25) is 11.8 Å². The van der Waals surface area contributed by atoms with E-state index < -0.39 is 11.9 Å². The van der Waals surface area contributed by atoms with E-state index >= 15 is 0 Å². The van der Waals surface area contributed by atoms with Crippen LogP contribution in [0.1, 0.15) is 43.0 Å². The average Bonchev–Trinajstić information content (AvgIpc) is 3.54. The third kappa shape index (κ3) is 5.09. The Labute approximate surface area is 206 Å². The van der Waals surface area contributed by atoms with Crippen molar-refractivity contribution in [1.82, 2.24) is 20.3 Å². The molecule has 1 aliphatic rings. The molecule has 9 heteroatoms. The van der Waals surface area contributed by atoms with Crippen LogP contribution in [0.15, 0.2) is 66.0 Å². The molecule has 0 unspecified atom stereocenters. The van der Waals surface area contributed by atoms with E-state index in [-0.39, 0.29) is 24.4 Å². The van der Waals surface area contributed by atoms with Gasteiger partial charge in [-0.15, -0.1) is 16.4 Å². The highest BCUT2D eigenvalue weighted by Crippen LogP contribution is 2.32. The third-order valence-corrected chi connectivity index (χ3v) is 7.27. The summed E-state index contributed by atoms with van der Waals surface area (Å²) in [5.41, 5.74) is 1.84. The van der Waals surface area contributed by atoms with Gasteiger partial charge in [-0.05, 0) is 60.7 Å². The molecule has 0 saturated heterocycles. The molecule has 0 aliphatic heterocycles. The Kier molecular flexibility index (Phi) is 6.85. The van der Waals surface area contributed by atoms with Gasteiger partial charge in [-0.1, -0.05) is 42.7 Å². The molecule has 0 radical (unpaired) electrons. The van der Waals surface area contributed by atoms with Gasteiger partial charge in [0.1, 0.15) is 23.9 Å². The van der Waals surface area contributed by atoms with Crippen molar-refractivity contribution >= 4 is 39.9 Å². The normalized spacial score (nSPS) is 15.1. The quantitative estimate of drug-likeness (QED) is 0.401.